The van der Waals surface area contributed by atoms with Gasteiger partial charge in [-0.25, -0.2) is 8.42 Å². The lowest BCUT2D eigenvalue weighted by atomic mass is 10.1. The molecule has 0 fully saturated rings. The van der Waals surface area contributed by atoms with Gasteiger partial charge in [0.25, 0.3) is 10.0 Å². The smallest absolute Gasteiger partial charge is 0.264 e. The largest absolute Gasteiger partial charge is 0.354 e. The summed E-state index contributed by atoms with van der Waals surface area (Å²) in [4.78, 5) is 28.6. The number of carbonyl (C=O) groups excluding carboxylic acids is 2. The number of unbranched alkanes of at least 4 members (excludes halogenated alkanes) is 1. The molecule has 0 aromatic heterocycles. The Kier molecular flexibility index (Phi) is 11.7. The van der Waals surface area contributed by atoms with Gasteiger partial charge >= 0.3 is 0 Å². The Bertz CT molecular complexity index is 1420. The van der Waals surface area contributed by atoms with Gasteiger partial charge in [-0.3, -0.25) is 13.9 Å². The summed E-state index contributed by atoms with van der Waals surface area (Å²) < 4.78 is 28.7. The molecule has 3 aromatic carbocycles. The van der Waals surface area contributed by atoms with Crippen LogP contribution in [0.25, 0.3) is 0 Å². The maximum absolute atomic E-state index is 14.1. The summed E-state index contributed by atoms with van der Waals surface area (Å²) in [6, 6.07) is 18.3. The number of benzene rings is 3. The van der Waals surface area contributed by atoms with Crippen LogP contribution in [0.2, 0.25) is 15.1 Å². The molecule has 3 aromatic rings. The van der Waals surface area contributed by atoms with E-state index in [0.29, 0.717) is 23.6 Å². The van der Waals surface area contributed by atoms with Gasteiger partial charge in [-0.2, -0.15) is 0 Å². The normalized spacial score (nSPS) is 12.0. The highest BCUT2D eigenvalue weighted by atomic mass is 35.5. The van der Waals surface area contributed by atoms with Crippen LogP contribution in [0.5, 0.6) is 0 Å². The number of hydrogen-bond acceptors (Lipinski definition) is 4. The van der Waals surface area contributed by atoms with Crippen molar-refractivity contribution in [2.75, 3.05) is 17.4 Å². The first-order valence-electron chi connectivity index (χ1n) is 12.9. The minimum absolute atomic E-state index is 0.000708. The molecule has 0 bridgehead atoms. The summed E-state index contributed by atoms with van der Waals surface area (Å²) in [6.45, 7) is 3.65. The number of anilines is 1. The minimum Gasteiger partial charge on any atom is -0.354 e. The van der Waals surface area contributed by atoms with Crippen LogP contribution >= 0.6 is 34.8 Å². The summed E-state index contributed by atoms with van der Waals surface area (Å²) in [5, 5.41) is 3.66. The van der Waals surface area contributed by atoms with Crippen molar-refractivity contribution in [1.82, 2.24) is 10.2 Å². The second-order valence-corrected chi connectivity index (χ2v) is 12.2. The molecule has 1 N–H and O–H groups in total. The Morgan fingerprint density at radius 2 is 1.57 bits per heavy atom. The fourth-order valence-electron chi connectivity index (χ4n) is 4.15. The molecule has 3 rings (SSSR count). The Labute approximate surface area is 251 Å². The van der Waals surface area contributed by atoms with Gasteiger partial charge in [0.1, 0.15) is 12.6 Å². The predicted octanol–water partition coefficient (Wildman–Crippen LogP) is 6.57. The molecule has 0 heterocycles. The summed E-state index contributed by atoms with van der Waals surface area (Å²) >= 11 is 19.1. The van der Waals surface area contributed by atoms with Crippen molar-refractivity contribution in [2.45, 2.75) is 50.6 Å². The Hall–Kier alpha value is -2.78. The van der Waals surface area contributed by atoms with E-state index in [0.717, 1.165) is 17.1 Å². The molecule has 0 aliphatic rings. The first-order valence-corrected chi connectivity index (χ1v) is 15.5. The van der Waals surface area contributed by atoms with Gasteiger partial charge in [0.05, 0.1) is 15.6 Å². The maximum Gasteiger partial charge on any atom is 0.264 e. The van der Waals surface area contributed by atoms with Crippen molar-refractivity contribution < 1.29 is 18.0 Å². The van der Waals surface area contributed by atoms with Crippen molar-refractivity contribution in [3.8, 4) is 0 Å². The van der Waals surface area contributed by atoms with Crippen LogP contribution < -0.4 is 9.62 Å². The number of nitrogens with one attached hydrogen (secondary N) is 1. The molecule has 0 spiro atoms. The van der Waals surface area contributed by atoms with Crippen LogP contribution in [-0.4, -0.2) is 44.3 Å². The first-order chi connectivity index (χ1) is 19.1. The third-order valence-electron chi connectivity index (χ3n) is 6.30. The Morgan fingerprint density at radius 3 is 2.23 bits per heavy atom. The van der Waals surface area contributed by atoms with Crippen molar-refractivity contribution in [3.05, 3.63) is 93.4 Å². The second kappa shape index (κ2) is 14.7. The molecular formula is C29H32Cl3N3O4S. The quantitative estimate of drug-likeness (QED) is 0.218. The topological polar surface area (TPSA) is 86.8 Å². The summed E-state index contributed by atoms with van der Waals surface area (Å²) in [6.07, 6.45) is 1.99. The molecule has 2 amide bonds. The van der Waals surface area contributed by atoms with Crippen LogP contribution in [0.4, 0.5) is 5.69 Å². The molecule has 0 aliphatic carbocycles. The zero-order valence-corrected chi connectivity index (χ0v) is 25.4. The van der Waals surface area contributed by atoms with Gasteiger partial charge in [-0.1, -0.05) is 91.5 Å². The highest BCUT2D eigenvalue weighted by Crippen LogP contribution is 2.33. The number of rotatable bonds is 13. The number of nitrogens with zero attached hydrogens (tertiary/aromatic N) is 2. The van der Waals surface area contributed by atoms with Gasteiger partial charge in [0, 0.05) is 23.1 Å². The Balaban J connectivity index is 2.07. The van der Waals surface area contributed by atoms with E-state index in [2.05, 4.69) is 5.32 Å². The van der Waals surface area contributed by atoms with Crippen molar-refractivity contribution in [3.63, 3.8) is 0 Å². The van der Waals surface area contributed by atoms with Gasteiger partial charge in [-0.15, -0.1) is 0 Å². The Morgan fingerprint density at radius 1 is 0.900 bits per heavy atom. The molecule has 0 unspecified atom stereocenters. The summed E-state index contributed by atoms with van der Waals surface area (Å²) in [7, 11) is -4.26. The lowest BCUT2D eigenvalue weighted by Gasteiger charge is -2.33. The van der Waals surface area contributed by atoms with Gasteiger partial charge < -0.3 is 10.2 Å². The number of amides is 2. The third kappa shape index (κ3) is 7.91. The van der Waals surface area contributed by atoms with E-state index in [1.807, 2.05) is 6.92 Å². The van der Waals surface area contributed by atoms with Crippen LogP contribution in [0, 0.1) is 0 Å². The monoisotopic (exact) mass is 623 g/mol. The molecule has 1 atom stereocenters. The average Bonchev–Trinajstić information content (AvgIpc) is 2.94. The van der Waals surface area contributed by atoms with Crippen molar-refractivity contribution >= 4 is 62.3 Å². The van der Waals surface area contributed by atoms with E-state index in [4.69, 9.17) is 34.8 Å². The molecule has 0 saturated heterocycles. The van der Waals surface area contributed by atoms with Gasteiger partial charge in [-0.05, 0) is 54.8 Å². The molecule has 11 heteroatoms. The van der Waals surface area contributed by atoms with E-state index in [9.17, 15) is 18.0 Å². The van der Waals surface area contributed by atoms with E-state index >= 15 is 0 Å². The highest BCUT2D eigenvalue weighted by molar-refractivity contribution is 7.92. The highest BCUT2D eigenvalue weighted by Gasteiger charge is 2.34. The standard InChI is InChI=1S/C29H32Cl3N3O4S/c1-3-5-17-33-29(37)26(4-2)34(19-21-11-9-10-14-24(21)31)28(36)20-35(27-18-22(30)15-16-25(27)32)40(38,39)23-12-7-6-8-13-23/h6-16,18,26H,3-5,17,19-20H2,1-2H3,(H,33,37)/t26-/m0/s1. The van der Waals surface area contributed by atoms with Crippen LogP contribution in [0.15, 0.2) is 77.7 Å². The molecule has 0 aliphatic heterocycles. The third-order valence-corrected chi connectivity index (χ3v) is 9.00. The van der Waals surface area contributed by atoms with Crippen LogP contribution in [-0.2, 0) is 26.2 Å². The number of halogens is 3. The van der Waals surface area contributed by atoms with Gasteiger partial charge in [0.15, 0.2) is 0 Å². The molecule has 0 saturated carbocycles. The number of hydrogen-bond donors (Lipinski definition) is 1. The van der Waals surface area contributed by atoms with Gasteiger partial charge in [0.2, 0.25) is 11.8 Å². The zero-order chi connectivity index (χ0) is 29.3. The van der Waals surface area contributed by atoms with E-state index in [1.165, 1.54) is 35.2 Å². The van der Waals surface area contributed by atoms with E-state index in [1.54, 1.807) is 49.4 Å². The lowest BCUT2D eigenvalue weighted by molar-refractivity contribution is -0.140. The predicted molar refractivity (Wildman–Crippen MR) is 161 cm³/mol. The average molecular weight is 625 g/mol. The summed E-state index contributed by atoms with van der Waals surface area (Å²) in [5.74, 6) is -0.928. The molecule has 214 valence electrons. The zero-order valence-electron chi connectivity index (χ0n) is 22.3. The lowest BCUT2D eigenvalue weighted by Crippen LogP contribution is -2.52. The molecule has 0 radical (unpaired) electrons. The second-order valence-electron chi connectivity index (χ2n) is 9.10. The maximum atomic E-state index is 14.1. The molecule has 7 nitrogen and oxygen atoms in total. The van der Waals surface area contributed by atoms with Crippen LogP contribution in [0.3, 0.4) is 0 Å². The van der Waals surface area contributed by atoms with Crippen LogP contribution in [0.1, 0.15) is 38.7 Å². The molecule has 40 heavy (non-hydrogen) atoms. The van der Waals surface area contributed by atoms with E-state index < -0.39 is 28.5 Å². The summed E-state index contributed by atoms with van der Waals surface area (Å²) in [5.41, 5.74) is 0.667. The molecular weight excluding hydrogens is 593 g/mol. The van der Waals surface area contributed by atoms with E-state index in [-0.39, 0.29) is 33.1 Å². The minimum atomic E-state index is -4.26. The SMILES string of the molecule is CCCCNC(=O)[C@H](CC)N(Cc1ccccc1Cl)C(=O)CN(c1cc(Cl)ccc1Cl)S(=O)(=O)c1ccccc1. The first kappa shape index (κ1) is 31.7. The fourth-order valence-corrected chi connectivity index (χ4v) is 6.22. The number of sulfonamides is 1. The van der Waals surface area contributed by atoms with Crippen molar-refractivity contribution in [1.29, 1.82) is 0 Å². The fraction of sp³-hybridized carbons (Fsp3) is 0.310. The number of carbonyl (C=O) groups is 2. The van der Waals surface area contributed by atoms with Crippen molar-refractivity contribution in [2.24, 2.45) is 0 Å².